The summed E-state index contributed by atoms with van der Waals surface area (Å²) in [7, 11) is 1.35. The number of aryl methyl sites for hydroxylation is 2. The number of hydrogen-bond donors (Lipinski definition) is 2. The van der Waals surface area contributed by atoms with Gasteiger partial charge in [0.25, 0.3) is 5.69 Å². The van der Waals surface area contributed by atoms with Crippen LogP contribution in [0.3, 0.4) is 0 Å². The summed E-state index contributed by atoms with van der Waals surface area (Å²) in [5, 5.41) is 17.7. The van der Waals surface area contributed by atoms with Gasteiger partial charge in [0.05, 0.1) is 17.7 Å². The van der Waals surface area contributed by atoms with Crippen LogP contribution in [0.1, 0.15) is 34.0 Å². The minimum Gasteiger partial charge on any atom is -0.493 e. The fourth-order valence-corrected chi connectivity index (χ4v) is 3.24. The molecule has 3 rings (SSSR count). The lowest BCUT2D eigenvalue weighted by Crippen LogP contribution is -2.33. The molecule has 0 spiro atoms. The number of hydrazone groups is 1. The molecule has 11 nitrogen and oxygen atoms in total. The predicted octanol–water partition coefficient (Wildman–Crippen LogP) is 3.92. The van der Waals surface area contributed by atoms with Gasteiger partial charge >= 0.3 is 17.8 Å². The maximum Gasteiger partial charge on any atom is 0.350 e. The lowest BCUT2D eigenvalue weighted by Gasteiger charge is -2.11. The summed E-state index contributed by atoms with van der Waals surface area (Å²) in [6, 6.07) is 15.4. The zero-order valence-corrected chi connectivity index (χ0v) is 20.5. The fourth-order valence-electron chi connectivity index (χ4n) is 3.24. The molecule has 2 N–H and O–H groups in total. The summed E-state index contributed by atoms with van der Waals surface area (Å²) < 4.78 is 10.6. The van der Waals surface area contributed by atoms with E-state index in [0.29, 0.717) is 17.0 Å². The molecule has 0 heterocycles. The van der Waals surface area contributed by atoms with Crippen molar-refractivity contribution >= 4 is 34.9 Å². The third kappa shape index (κ3) is 6.54. The zero-order chi connectivity index (χ0) is 27.1. The average Bonchev–Trinajstić information content (AvgIpc) is 2.89. The average molecular weight is 504 g/mol. The smallest absolute Gasteiger partial charge is 0.350 e. The van der Waals surface area contributed by atoms with Crippen LogP contribution in [0, 0.1) is 24.0 Å². The van der Waals surface area contributed by atoms with E-state index in [9.17, 15) is 24.5 Å². The van der Waals surface area contributed by atoms with Gasteiger partial charge in [0.1, 0.15) is 5.56 Å². The molecular weight excluding hydrogens is 480 g/mol. The molecule has 0 aromatic heterocycles. The lowest BCUT2D eigenvalue weighted by molar-refractivity contribution is -0.385. The number of hydrogen-bond acceptors (Lipinski definition) is 8. The number of ether oxygens (including phenoxy) is 2. The summed E-state index contributed by atoms with van der Waals surface area (Å²) in [5.41, 5.74) is 4.70. The summed E-state index contributed by atoms with van der Waals surface area (Å²) >= 11 is 0. The van der Waals surface area contributed by atoms with Gasteiger partial charge in [-0.1, -0.05) is 24.3 Å². The number of rotatable bonds is 7. The summed E-state index contributed by atoms with van der Waals surface area (Å²) in [4.78, 5) is 47.6. The molecular formula is C26H24N4O7. The van der Waals surface area contributed by atoms with Crippen LogP contribution in [-0.4, -0.2) is 35.5 Å². The molecule has 0 saturated carbocycles. The van der Waals surface area contributed by atoms with Gasteiger partial charge in [0, 0.05) is 17.3 Å². The van der Waals surface area contributed by atoms with Crippen LogP contribution in [0.2, 0.25) is 0 Å². The van der Waals surface area contributed by atoms with Crippen LogP contribution in [0.25, 0.3) is 0 Å². The van der Waals surface area contributed by atoms with Gasteiger partial charge in [-0.05, 0) is 62.2 Å². The van der Waals surface area contributed by atoms with E-state index in [4.69, 9.17) is 9.47 Å². The summed E-state index contributed by atoms with van der Waals surface area (Å²) in [6.07, 6.45) is 0. The minimum absolute atomic E-state index is 0.0270. The Morgan fingerprint density at radius 2 is 1.68 bits per heavy atom. The van der Waals surface area contributed by atoms with Crippen LogP contribution in [0.5, 0.6) is 11.5 Å². The van der Waals surface area contributed by atoms with E-state index >= 15 is 0 Å². The molecule has 190 valence electrons. The van der Waals surface area contributed by atoms with E-state index in [-0.39, 0.29) is 22.7 Å². The molecule has 0 unspecified atom stereocenters. The number of nitrogens with one attached hydrogen (secondary N) is 2. The summed E-state index contributed by atoms with van der Waals surface area (Å²) in [6.45, 7) is 5.27. The van der Waals surface area contributed by atoms with E-state index in [2.05, 4.69) is 15.8 Å². The second-order valence-electron chi connectivity index (χ2n) is 7.94. The van der Waals surface area contributed by atoms with Crippen LogP contribution < -0.4 is 20.2 Å². The van der Waals surface area contributed by atoms with Crippen molar-refractivity contribution in [1.29, 1.82) is 0 Å². The van der Waals surface area contributed by atoms with Crippen molar-refractivity contribution in [2.24, 2.45) is 5.10 Å². The molecule has 37 heavy (non-hydrogen) atoms. The van der Waals surface area contributed by atoms with Gasteiger partial charge in [0.15, 0.2) is 11.5 Å². The van der Waals surface area contributed by atoms with Crippen molar-refractivity contribution in [3.8, 4) is 11.5 Å². The van der Waals surface area contributed by atoms with Crippen LogP contribution in [0.15, 0.2) is 65.8 Å². The van der Waals surface area contributed by atoms with E-state index < -0.39 is 22.7 Å². The van der Waals surface area contributed by atoms with Gasteiger partial charge in [-0.2, -0.15) is 5.10 Å². The first-order chi connectivity index (χ1) is 17.6. The molecule has 0 fully saturated rings. The monoisotopic (exact) mass is 504 g/mol. The Morgan fingerprint density at radius 1 is 0.946 bits per heavy atom. The predicted molar refractivity (Wildman–Crippen MR) is 136 cm³/mol. The number of esters is 1. The Kier molecular flexibility index (Phi) is 8.31. The number of carbonyl (C=O) groups is 3. The highest BCUT2D eigenvalue weighted by Crippen LogP contribution is 2.30. The quantitative estimate of drug-likeness (QED) is 0.124. The molecule has 0 saturated heterocycles. The number of amides is 2. The first-order valence-corrected chi connectivity index (χ1v) is 11.0. The standard InChI is InChI=1S/C26H24N4O7/c1-15-9-10-16(2)20(13-15)27-24(31)25(32)29-28-17(3)18-11-12-22(23(14-18)36-4)37-26(33)19-7-5-6-8-21(19)30(34)35/h5-14H,1-4H3,(H,27,31)(H,29,32)/b28-17+. The third-order valence-corrected chi connectivity index (χ3v) is 5.28. The van der Waals surface area contributed by atoms with E-state index in [1.54, 1.807) is 19.1 Å². The van der Waals surface area contributed by atoms with Crippen molar-refractivity contribution in [3.05, 3.63) is 93.0 Å². The van der Waals surface area contributed by atoms with E-state index in [0.717, 1.165) is 11.1 Å². The van der Waals surface area contributed by atoms with Crippen molar-refractivity contribution < 1.29 is 28.8 Å². The molecule has 3 aromatic carbocycles. The highest BCUT2D eigenvalue weighted by Gasteiger charge is 2.22. The van der Waals surface area contributed by atoms with Gasteiger partial charge in [-0.3, -0.25) is 19.7 Å². The molecule has 3 aromatic rings. The van der Waals surface area contributed by atoms with Gasteiger partial charge < -0.3 is 14.8 Å². The molecule has 0 aliphatic heterocycles. The Bertz CT molecular complexity index is 1420. The highest BCUT2D eigenvalue weighted by atomic mass is 16.6. The topological polar surface area (TPSA) is 149 Å². The molecule has 0 aliphatic carbocycles. The zero-order valence-electron chi connectivity index (χ0n) is 20.5. The SMILES string of the molecule is COc1cc(/C(C)=N/NC(=O)C(=O)Nc2cc(C)ccc2C)ccc1OC(=O)c1ccccc1[N+](=O)[O-]. The highest BCUT2D eigenvalue weighted by molar-refractivity contribution is 6.39. The van der Waals surface area contributed by atoms with E-state index in [1.807, 2.05) is 26.0 Å². The normalized spacial score (nSPS) is 10.9. The van der Waals surface area contributed by atoms with Gasteiger partial charge in [0.2, 0.25) is 0 Å². The molecule has 0 atom stereocenters. The number of para-hydroxylation sites is 1. The Hall–Kier alpha value is -5.06. The second kappa shape index (κ2) is 11.6. The first-order valence-electron chi connectivity index (χ1n) is 11.0. The number of nitro groups is 1. The number of benzene rings is 3. The number of methoxy groups -OCH3 is 1. The van der Waals surface area contributed by atoms with Gasteiger partial charge in [-0.25, -0.2) is 10.2 Å². The second-order valence-corrected chi connectivity index (χ2v) is 7.94. The van der Waals surface area contributed by atoms with E-state index in [1.165, 1.54) is 43.5 Å². The minimum atomic E-state index is -0.956. The van der Waals surface area contributed by atoms with Crippen LogP contribution >= 0.6 is 0 Å². The van der Waals surface area contributed by atoms with Crippen molar-refractivity contribution in [3.63, 3.8) is 0 Å². The summed E-state index contributed by atoms with van der Waals surface area (Å²) in [5.74, 6) is -2.58. The van der Waals surface area contributed by atoms with Crippen molar-refractivity contribution in [2.75, 3.05) is 12.4 Å². The third-order valence-electron chi connectivity index (χ3n) is 5.28. The fraction of sp³-hybridized carbons (Fsp3) is 0.154. The molecule has 0 aliphatic rings. The Balaban J connectivity index is 1.71. The number of carbonyl (C=O) groups excluding carboxylic acids is 3. The Labute approximate surface area is 212 Å². The van der Waals surface area contributed by atoms with Gasteiger partial charge in [-0.15, -0.1) is 0 Å². The molecule has 0 bridgehead atoms. The molecule has 2 amide bonds. The van der Waals surface area contributed by atoms with Crippen LogP contribution in [-0.2, 0) is 9.59 Å². The first kappa shape index (κ1) is 26.5. The Morgan fingerprint density at radius 3 is 2.38 bits per heavy atom. The largest absolute Gasteiger partial charge is 0.493 e. The number of nitro benzene ring substituents is 1. The van der Waals surface area contributed by atoms with Crippen molar-refractivity contribution in [2.45, 2.75) is 20.8 Å². The van der Waals surface area contributed by atoms with Crippen LogP contribution in [0.4, 0.5) is 11.4 Å². The maximum atomic E-state index is 12.5. The molecule has 11 heteroatoms. The van der Waals surface area contributed by atoms with Crippen molar-refractivity contribution in [1.82, 2.24) is 5.43 Å². The molecule has 0 radical (unpaired) electrons. The lowest BCUT2D eigenvalue weighted by atomic mass is 10.1. The number of anilines is 1. The maximum absolute atomic E-state index is 12.5. The number of nitrogens with zero attached hydrogens (tertiary/aromatic N) is 2.